The van der Waals surface area contributed by atoms with Gasteiger partial charge in [0.1, 0.15) is 11.3 Å². The number of carbonyl (C=O) groups excluding carboxylic acids is 1. The van der Waals surface area contributed by atoms with Crippen LogP contribution in [-0.4, -0.2) is 77.4 Å². The first-order chi connectivity index (χ1) is 20.6. The molecule has 2 heterocycles. The first-order valence-corrected chi connectivity index (χ1v) is 14.6. The number of likely N-dealkylation sites (N-methyl/N-ethyl adjacent to an activating group) is 1. The zero-order valence-corrected chi connectivity index (χ0v) is 24.7. The second-order valence-corrected chi connectivity index (χ2v) is 11.5. The normalized spacial score (nSPS) is 20.9. The van der Waals surface area contributed by atoms with Gasteiger partial charge in [0, 0.05) is 32.2 Å². The number of rotatable bonds is 12. The van der Waals surface area contributed by atoms with Crippen LogP contribution in [0.4, 0.5) is 20.5 Å². The minimum atomic E-state index is -1.42. The molecule has 1 aliphatic heterocycles. The van der Waals surface area contributed by atoms with Crippen molar-refractivity contribution in [1.29, 1.82) is 0 Å². The van der Waals surface area contributed by atoms with Crippen molar-refractivity contribution in [2.75, 3.05) is 39.1 Å². The van der Waals surface area contributed by atoms with E-state index in [4.69, 9.17) is 14.0 Å². The van der Waals surface area contributed by atoms with E-state index in [0.29, 0.717) is 44.5 Å². The molecule has 1 saturated carbocycles. The third kappa shape index (κ3) is 6.72. The van der Waals surface area contributed by atoms with Gasteiger partial charge in [0.25, 0.3) is 6.01 Å². The summed E-state index contributed by atoms with van der Waals surface area (Å²) in [5.74, 6) is -2.72. The molecule has 2 aliphatic rings. The second-order valence-electron chi connectivity index (χ2n) is 11.5. The molecule has 2 fully saturated rings. The highest BCUT2D eigenvalue weighted by Gasteiger charge is 2.49. The minimum Gasteiger partial charge on any atom is -0.481 e. The summed E-state index contributed by atoms with van der Waals surface area (Å²) in [5, 5.41) is 13.9. The molecule has 232 valence electrons. The lowest BCUT2D eigenvalue weighted by atomic mass is 9.87. The van der Waals surface area contributed by atoms with Gasteiger partial charge < -0.3 is 24.4 Å². The first-order valence-electron chi connectivity index (χ1n) is 14.6. The van der Waals surface area contributed by atoms with Gasteiger partial charge in [-0.15, -0.1) is 0 Å². The predicted octanol–water partition coefficient (Wildman–Crippen LogP) is 5.21. The van der Waals surface area contributed by atoms with Crippen LogP contribution in [0, 0.1) is 24.5 Å². The fourth-order valence-corrected chi connectivity index (χ4v) is 6.04. The van der Waals surface area contributed by atoms with Crippen LogP contribution in [0.2, 0.25) is 0 Å². The van der Waals surface area contributed by atoms with Crippen LogP contribution >= 0.6 is 0 Å². The number of oxazole rings is 1. The van der Waals surface area contributed by atoms with Crippen molar-refractivity contribution in [3.05, 3.63) is 53.1 Å². The van der Waals surface area contributed by atoms with Crippen LogP contribution in [0.15, 0.2) is 34.7 Å². The van der Waals surface area contributed by atoms with Crippen LogP contribution in [-0.2, 0) is 25.6 Å². The van der Waals surface area contributed by atoms with Crippen LogP contribution < -0.4 is 5.32 Å². The molecule has 1 aliphatic carbocycles. The molecule has 5 rings (SSSR count). The monoisotopic (exact) mass is 600 g/mol. The molecule has 1 aromatic heterocycles. The van der Waals surface area contributed by atoms with Crippen molar-refractivity contribution in [2.45, 2.75) is 63.7 Å². The third-order valence-corrected chi connectivity index (χ3v) is 8.56. The molecular weight excluding hydrogens is 562 g/mol. The molecule has 2 N–H and O–H groups in total. The van der Waals surface area contributed by atoms with Crippen molar-refractivity contribution in [3.63, 3.8) is 0 Å². The highest BCUT2D eigenvalue weighted by atomic mass is 19.1. The summed E-state index contributed by atoms with van der Waals surface area (Å²) < 4.78 is 42.0. The number of Topliss-reactive ketones (excluding diaryl/α,β-unsaturated/α-hetero) is 1. The number of ether oxygens (including phenoxy) is 1. The molecule has 10 nitrogen and oxygen atoms in total. The highest BCUT2D eigenvalue weighted by molar-refractivity contribution is 5.90. The molecule has 2 aromatic carbocycles. The molecular formula is C31H38F2N4O6. The van der Waals surface area contributed by atoms with Gasteiger partial charge in [0.2, 0.25) is 0 Å². The number of benzene rings is 2. The van der Waals surface area contributed by atoms with Gasteiger partial charge in [-0.05, 0) is 74.8 Å². The molecule has 1 saturated heterocycles. The van der Waals surface area contributed by atoms with Gasteiger partial charge in [-0.3, -0.25) is 14.5 Å². The number of carboxylic acids is 1. The number of anilines is 2. The van der Waals surface area contributed by atoms with Gasteiger partial charge in [-0.1, -0.05) is 12.1 Å². The number of ketones is 1. The van der Waals surface area contributed by atoms with Crippen molar-refractivity contribution < 1.29 is 37.5 Å². The van der Waals surface area contributed by atoms with Crippen LogP contribution in [0.1, 0.15) is 49.7 Å². The Morgan fingerprint density at radius 2 is 1.88 bits per heavy atom. The molecule has 0 bridgehead atoms. The number of fused-ring (bicyclic) bond motifs is 1. The number of aryl methyl sites for hydroxylation is 1. The smallest absolute Gasteiger partial charge is 0.306 e. The summed E-state index contributed by atoms with van der Waals surface area (Å²) in [7, 11) is 3.21. The van der Waals surface area contributed by atoms with E-state index in [0.717, 1.165) is 18.4 Å². The molecule has 3 aromatic rings. The molecule has 0 radical (unpaired) electrons. The molecule has 1 unspecified atom stereocenters. The maximum absolute atomic E-state index is 15.9. The van der Waals surface area contributed by atoms with E-state index in [9.17, 15) is 19.1 Å². The number of nitrogens with zero attached hydrogens (tertiary/aromatic N) is 3. The lowest BCUT2D eigenvalue weighted by Crippen LogP contribution is -2.63. The quantitative estimate of drug-likeness (QED) is 0.268. The van der Waals surface area contributed by atoms with E-state index in [1.54, 1.807) is 26.1 Å². The first kappa shape index (κ1) is 31.0. The topological polar surface area (TPSA) is 117 Å². The van der Waals surface area contributed by atoms with Crippen LogP contribution in [0.5, 0.6) is 0 Å². The average Bonchev–Trinajstić information content (AvgIpc) is 3.67. The summed E-state index contributed by atoms with van der Waals surface area (Å²) in [4.78, 5) is 37.5. The minimum absolute atomic E-state index is 0.000457. The molecule has 0 spiro atoms. The predicted molar refractivity (Wildman–Crippen MR) is 155 cm³/mol. The van der Waals surface area contributed by atoms with Crippen molar-refractivity contribution in [2.24, 2.45) is 5.92 Å². The number of halogens is 2. The Bertz CT molecular complexity index is 1470. The largest absolute Gasteiger partial charge is 0.481 e. The van der Waals surface area contributed by atoms with Crippen molar-refractivity contribution in [1.82, 2.24) is 14.9 Å². The van der Waals surface area contributed by atoms with E-state index in [1.807, 2.05) is 4.90 Å². The zero-order chi connectivity index (χ0) is 30.7. The summed E-state index contributed by atoms with van der Waals surface area (Å²) in [6.45, 7) is 3.15. The van der Waals surface area contributed by atoms with E-state index in [2.05, 4.69) is 10.3 Å². The summed E-state index contributed by atoms with van der Waals surface area (Å²) >= 11 is 0. The number of aliphatic carboxylic acids is 1. The van der Waals surface area contributed by atoms with Crippen molar-refractivity contribution >= 4 is 34.6 Å². The summed E-state index contributed by atoms with van der Waals surface area (Å²) in [6, 6.07) is 7.35. The van der Waals surface area contributed by atoms with E-state index >= 15 is 4.39 Å². The van der Waals surface area contributed by atoms with Gasteiger partial charge >= 0.3 is 5.97 Å². The number of nitrogens with one attached hydrogen (secondary N) is 1. The summed E-state index contributed by atoms with van der Waals surface area (Å²) in [5.41, 5.74) is 0.0358. The number of hydrogen-bond acceptors (Lipinski definition) is 9. The standard InChI is InChI=1S/C31H38F2N4O6/c1-19-6-10-22(32)17-25(19)35-30-34-24-13-9-21(27(33)28(24)42-30)16-26(38)31(18-36(2)41-3,37-14-4-5-15-37)43-23-11-7-20(8-12-23)29(39)40/h6,9-10,13,17,20,23H,4-5,7-8,11-12,14-16,18H2,1-3H3,(H,34,35)(H,39,40)/t20-,23-,31?. The molecule has 12 heteroatoms. The Morgan fingerprint density at radius 1 is 1.16 bits per heavy atom. The SMILES string of the molecule is CON(C)CC(O[C@H]1CC[C@H](C(=O)O)CC1)(C(=O)Cc1ccc2nc(Nc3cc(F)ccc3C)oc2c1F)N1CCCC1. The van der Waals surface area contributed by atoms with Gasteiger partial charge in [0.05, 0.1) is 25.7 Å². The number of likely N-dealkylation sites (tertiary alicyclic amines) is 1. The highest BCUT2D eigenvalue weighted by Crippen LogP contribution is 2.35. The fraction of sp³-hybridized carbons (Fsp3) is 0.516. The lowest BCUT2D eigenvalue weighted by Gasteiger charge is -2.45. The lowest BCUT2D eigenvalue weighted by molar-refractivity contribution is -0.231. The second kappa shape index (κ2) is 13.0. The Morgan fingerprint density at radius 3 is 2.56 bits per heavy atom. The van der Waals surface area contributed by atoms with Crippen LogP contribution in [0.25, 0.3) is 11.1 Å². The average molecular weight is 601 g/mol. The number of hydroxylamine groups is 2. The number of carbonyl (C=O) groups is 2. The molecule has 1 atom stereocenters. The third-order valence-electron chi connectivity index (χ3n) is 8.56. The number of carboxylic acid groups (broad SMARTS) is 1. The Labute approximate surface area is 248 Å². The molecule has 0 amide bonds. The summed E-state index contributed by atoms with van der Waals surface area (Å²) in [6.07, 6.45) is 3.13. The number of hydrogen-bond donors (Lipinski definition) is 2. The maximum atomic E-state index is 15.9. The van der Waals surface area contributed by atoms with Crippen LogP contribution in [0.3, 0.4) is 0 Å². The van der Waals surface area contributed by atoms with E-state index in [1.165, 1.54) is 30.4 Å². The van der Waals surface area contributed by atoms with E-state index < -0.39 is 29.2 Å². The van der Waals surface area contributed by atoms with Gasteiger partial charge in [0.15, 0.2) is 22.9 Å². The Kier molecular flexibility index (Phi) is 9.40. The maximum Gasteiger partial charge on any atom is 0.306 e. The molecule has 43 heavy (non-hydrogen) atoms. The zero-order valence-electron chi connectivity index (χ0n) is 24.7. The number of aromatic nitrogens is 1. The Balaban J connectivity index is 1.43. The Hall–Kier alpha value is -3.45. The van der Waals surface area contributed by atoms with Crippen molar-refractivity contribution in [3.8, 4) is 0 Å². The van der Waals surface area contributed by atoms with E-state index in [-0.39, 0.29) is 47.5 Å². The fourth-order valence-electron chi connectivity index (χ4n) is 6.04. The van der Waals surface area contributed by atoms with Gasteiger partial charge in [-0.2, -0.15) is 10.0 Å². The van der Waals surface area contributed by atoms with Gasteiger partial charge in [-0.25, -0.2) is 8.78 Å².